The van der Waals surface area contributed by atoms with Gasteiger partial charge in [0.05, 0.1) is 17.0 Å². The monoisotopic (exact) mass is 204 g/mol. The molecule has 1 amide bonds. The van der Waals surface area contributed by atoms with E-state index in [1.165, 1.54) is 4.90 Å². The molecule has 0 fully saturated rings. The van der Waals surface area contributed by atoms with Crippen molar-refractivity contribution in [2.75, 3.05) is 13.6 Å². The lowest BCUT2D eigenvalue weighted by Gasteiger charge is -2.25. The van der Waals surface area contributed by atoms with Gasteiger partial charge < -0.3 is 15.7 Å². The summed E-state index contributed by atoms with van der Waals surface area (Å²) in [5.41, 5.74) is 4.33. The number of rotatable bonds is 4. The Balaban J connectivity index is 4.04. The summed E-state index contributed by atoms with van der Waals surface area (Å²) in [5.74, 6) is -0.172. The van der Waals surface area contributed by atoms with Crippen molar-refractivity contribution in [2.24, 2.45) is 5.73 Å². The largest absolute Gasteiger partial charge is 0.393 e. The third-order valence-corrected chi connectivity index (χ3v) is 1.52. The summed E-state index contributed by atoms with van der Waals surface area (Å²) in [6.45, 7) is 3.55. The van der Waals surface area contributed by atoms with E-state index in [1.807, 2.05) is 0 Å². The lowest BCUT2D eigenvalue weighted by atomic mass is 10.1. The quantitative estimate of drug-likeness (QED) is 0.627. The molecule has 0 atom stereocenters. The first-order valence-corrected chi connectivity index (χ1v) is 4.38. The van der Waals surface area contributed by atoms with Crippen LogP contribution in [-0.4, -0.2) is 40.1 Å². The van der Waals surface area contributed by atoms with Crippen LogP contribution in [0.15, 0.2) is 0 Å². The van der Waals surface area contributed by atoms with Gasteiger partial charge in [-0.25, -0.2) is 0 Å². The van der Waals surface area contributed by atoms with Crippen LogP contribution in [-0.2, 0) is 4.79 Å². The van der Waals surface area contributed by atoms with Crippen molar-refractivity contribution in [3.63, 3.8) is 0 Å². The second-order valence-corrected chi connectivity index (χ2v) is 4.23. The van der Waals surface area contributed by atoms with Crippen LogP contribution in [0.5, 0.6) is 0 Å². The van der Waals surface area contributed by atoms with Crippen LogP contribution in [0, 0.1) is 0 Å². The van der Waals surface area contributed by atoms with Gasteiger partial charge in [0, 0.05) is 13.6 Å². The fourth-order valence-corrected chi connectivity index (χ4v) is 1.08. The van der Waals surface area contributed by atoms with E-state index < -0.39 is 5.60 Å². The smallest absolute Gasteiger partial charge is 0.229 e. The van der Waals surface area contributed by atoms with Crippen molar-refractivity contribution in [2.45, 2.75) is 25.9 Å². The number of amides is 1. The topological polar surface area (TPSA) is 66.6 Å². The van der Waals surface area contributed by atoms with Crippen LogP contribution in [0.3, 0.4) is 0 Å². The number of likely N-dealkylation sites (N-methyl/N-ethyl adjacent to an activating group) is 1. The highest BCUT2D eigenvalue weighted by molar-refractivity contribution is 7.80. The lowest BCUT2D eigenvalue weighted by molar-refractivity contribution is -0.131. The van der Waals surface area contributed by atoms with Gasteiger partial charge in [0.15, 0.2) is 0 Å². The summed E-state index contributed by atoms with van der Waals surface area (Å²) < 4.78 is 0. The Labute approximate surface area is 83.7 Å². The summed E-state index contributed by atoms with van der Waals surface area (Å²) >= 11 is 4.60. The summed E-state index contributed by atoms with van der Waals surface area (Å²) in [6, 6.07) is 0. The van der Waals surface area contributed by atoms with E-state index in [4.69, 9.17) is 5.73 Å². The summed E-state index contributed by atoms with van der Waals surface area (Å²) in [6.07, 6.45) is 0.0575. The van der Waals surface area contributed by atoms with Crippen LogP contribution in [0.4, 0.5) is 0 Å². The van der Waals surface area contributed by atoms with Gasteiger partial charge in [0.25, 0.3) is 0 Å². The van der Waals surface area contributed by atoms with E-state index in [9.17, 15) is 9.90 Å². The highest BCUT2D eigenvalue weighted by Gasteiger charge is 2.19. The molecule has 0 saturated heterocycles. The highest BCUT2D eigenvalue weighted by Crippen LogP contribution is 2.04. The van der Waals surface area contributed by atoms with Crippen LogP contribution in [0.1, 0.15) is 20.3 Å². The molecule has 0 radical (unpaired) electrons. The molecule has 0 aliphatic heterocycles. The van der Waals surface area contributed by atoms with Crippen LogP contribution in [0.2, 0.25) is 0 Å². The molecule has 0 aliphatic rings. The number of nitrogens with zero attached hydrogens (tertiary/aromatic N) is 1. The predicted octanol–water partition coefficient (Wildman–Crippen LogP) is -0.108. The van der Waals surface area contributed by atoms with Crippen molar-refractivity contribution in [1.82, 2.24) is 4.90 Å². The van der Waals surface area contributed by atoms with Crippen LogP contribution >= 0.6 is 12.2 Å². The van der Waals surface area contributed by atoms with E-state index in [2.05, 4.69) is 12.2 Å². The zero-order chi connectivity index (χ0) is 10.6. The fraction of sp³-hybridized carbons (Fsp3) is 0.750. The molecule has 13 heavy (non-hydrogen) atoms. The molecule has 0 saturated carbocycles. The van der Waals surface area contributed by atoms with Gasteiger partial charge in [-0.15, -0.1) is 0 Å². The number of thiocarbonyl (C=S) groups is 1. The predicted molar refractivity (Wildman–Crippen MR) is 55.3 cm³/mol. The Hall–Kier alpha value is -0.680. The molecule has 0 bridgehead atoms. The molecule has 0 aromatic rings. The maximum absolute atomic E-state index is 11.3. The third-order valence-electron chi connectivity index (χ3n) is 1.38. The molecular formula is C8H16N2O2S. The summed E-state index contributed by atoms with van der Waals surface area (Å²) in [5, 5.41) is 9.41. The summed E-state index contributed by atoms with van der Waals surface area (Å²) in [7, 11) is 1.61. The first-order chi connectivity index (χ1) is 5.72. The van der Waals surface area contributed by atoms with E-state index in [1.54, 1.807) is 20.9 Å². The molecule has 0 aromatic heterocycles. The number of carbonyl (C=O) groups is 1. The molecule has 0 unspecified atom stereocenters. The SMILES string of the molecule is CN(CC(C)(C)O)C(=O)CC(N)=S. The molecule has 76 valence electrons. The van der Waals surface area contributed by atoms with Gasteiger partial charge in [0.2, 0.25) is 5.91 Å². The zero-order valence-electron chi connectivity index (χ0n) is 8.20. The van der Waals surface area contributed by atoms with Crippen LogP contribution in [0.25, 0.3) is 0 Å². The Morgan fingerprint density at radius 3 is 2.38 bits per heavy atom. The van der Waals surface area contributed by atoms with E-state index in [0.29, 0.717) is 0 Å². The maximum atomic E-state index is 11.3. The van der Waals surface area contributed by atoms with Gasteiger partial charge in [-0.1, -0.05) is 12.2 Å². The van der Waals surface area contributed by atoms with Gasteiger partial charge in [-0.2, -0.15) is 0 Å². The molecule has 0 heterocycles. The van der Waals surface area contributed by atoms with Crippen molar-refractivity contribution in [1.29, 1.82) is 0 Å². The number of hydrogen-bond acceptors (Lipinski definition) is 3. The van der Waals surface area contributed by atoms with Crippen molar-refractivity contribution >= 4 is 23.1 Å². The molecule has 4 nitrogen and oxygen atoms in total. The molecule has 0 spiro atoms. The second-order valence-electron chi connectivity index (χ2n) is 3.71. The second kappa shape index (κ2) is 4.53. The molecule has 0 aliphatic carbocycles. The van der Waals surface area contributed by atoms with E-state index in [-0.39, 0.29) is 23.9 Å². The fourth-order valence-electron chi connectivity index (χ4n) is 0.953. The Morgan fingerprint density at radius 1 is 1.62 bits per heavy atom. The molecular weight excluding hydrogens is 188 g/mol. The van der Waals surface area contributed by atoms with E-state index >= 15 is 0 Å². The molecule has 5 heteroatoms. The van der Waals surface area contributed by atoms with Gasteiger partial charge in [-0.05, 0) is 13.8 Å². The highest BCUT2D eigenvalue weighted by atomic mass is 32.1. The average molecular weight is 204 g/mol. The van der Waals surface area contributed by atoms with E-state index in [0.717, 1.165) is 0 Å². The minimum absolute atomic E-state index is 0.0575. The van der Waals surface area contributed by atoms with Gasteiger partial charge in [0.1, 0.15) is 0 Å². The number of aliphatic hydroxyl groups is 1. The number of carbonyl (C=O) groups excluding carboxylic acids is 1. The number of hydrogen-bond donors (Lipinski definition) is 2. The van der Waals surface area contributed by atoms with Crippen molar-refractivity contribution in [3.8, 4) is 0 Å². The van der Waals surface area contributed by atoms with Crippen molar-refractivity contribution in [3.05, 3.63) is 0 Å². The third kappa shape index (κ3) is 6.48. The first kappa shape index (κ1) is 12.3. The standard InChI is InChI=1S/C8H16N2O2S/c1-8(2,12)5-10(3)7(11)4-6(9)13/h12H,4-5H2,1-3H3,(H2,9,13). The maximum Gasteiger partial charge on any atom is 0.229 e. The van der Waals surface area contributed by atoms with Gasteiger partial charge >= 0.3 is 0 Å². The number of nitrogens with two attached hydrogens (primary N) is 1. The normalized spacial score (nSPS) is 11.1. The first-order valence-electron chi connectivity index (χ1n) is 3.97. The zero-order valence-corrected chi connectivity index (χ0v) is 9.02. The van der Waals surface area contributed by atoms with Gasteiger partial charge in [-0.3, -0.25) is 4.79 Å². The minimum Gasteiger partial charge on any atom is -0.393 e. The molecule has 0 rings (SSSR count). The van der Waals surface area contributed by atoms with Crippen molar-refractivity contribution < 1.29 is 9.90 Å². The van der Waals surface area contributed by atoms with Crippen LogP contribution < -0.4 is 5.73 Å². The Morgan fingerprint density at radius 2 is 2.08 bits per heavy atom. The minimum atomic E-state index is -0.888. The molecule has 3 N–H and O–H groups in total. The molecule has 0 aromatic carbocycles. The lowest BCUT2D eigenvalue weighted by Crippen LogP contribution is -2.40. The Kier molecular flexibility index (Phi) is 4.29. The summed E-state index contributed by atoms with van der Waals surface area (Å²) in [4.78, 5) is 12.9. The Bertz CT molecular complexity index is 211. The average Bonchev–Trinajstić information content (AvgIpc) is 1.81.